The summed E-state index contributed by atoms with van der Waals surface area (Å²) >= 11 is 0. The summed E-state index contributed by atoms with van der Waals surface area (Å²) in [5, 5.41) is 22.4. The zero-order valence-electron chi connectivity index (χ0n) is 16.0. The van der Waals surface area contributed by atoms with E-state index in [0.717, 1.165) is 24.5 Å². The largest absolute Gasteiger partial charge is 0.508 e. The molecule has 2 aromatic carbocycles. The van der Waals surface area contributed by atoms with E-state index in [1.54, 1.807) is 12.1 Å². The quantitative estimate of drug-likeness (QED) is 0.610. The number of halogens is 3. The molecule has 0 radical (unpaired) electrons. The summed E-state index contributed by atoms with van der Waals surface area (Å²) < 4.78 is 39.6. The Hall–Kier alpha value is -2.21. The number of hydrogen-bond donors (Lipinski definition) is 3. The molecule has 1 aliphatic rings. The highest BCUT2D eigenvalue weighted by atomic mass is 19.4. The van der Waals surface area contributed by atoms with Crippen LogP contribution in [0.3, 0.4) is 0 Å². The maximum atomic E-state index is 13.2. The third-order valence-electron chi connectivity index (χ3n) is 5.81. The van der Waals surface area contributed by atoms with Gasteiger partial charge in [0.05, 0.1) is 11.6 Å². The van der Waals surface area contributed by atoms with Crippen molar-refractivity contribution >= 4 is 5.69 Å². The van der Waals surface area contributed by atoms with Crippen molar-refractivity contribution in [2.24, 2.45) is 11.8 Å². The Morgan fingerprint density at radius 1 is 1.11 bits per heavy atom. The first-order chi connectivity index (χ1) is 13.2. The SMILES string of the molecule is CC1c2cc(C(F)(F)F)ccc2N[C@H](c2ccc(O)cc2)[C@@H]1CC[C@H](C)CO. The number of phenolic OH excluding ortho intramolecular Hbond substituents is 1. The van der Waals surface area contributed by atoms with Crippen LogP contribution in [0.25, 0.3) is 0 Å². The van der Waals surface area contributed by atoms with Gasteiger partial charge >= 0.3 is 6.18 Å². The molecular weight excluding hydrogens is 367 g/mol. The molecule has 0 saturated carbocycles. The topological polar surface area (TPSA) is 52.5 Å². The Balaban J connectivity index is 1.98. The molecule has 0 aliphatic carbocycles. The first-order valence-corrected chi connectivity index (χ1v) is 9.58. The molecule has 152 valence electrons. The van der Waals surface area contributed by atoms with E-state index < -0.39 is 11.7 Å². The fourth-order valence-corrected chi connectivity index (χ4v) is 4.04. The average Bonchev–Trinajstić information content (AvgIpc) is 2.66. The number of phenols is 1. The number of aromatic hydroxyl groups is 1. The van der Waals surface area contributed by atoms with E-state index in [-0.39, 0.29) is 36.2 Å². The lowest BCUT2D eigenvalue weighted by molar-refractivity contribution is -0.137. The van der Waals surface area contributed by atoms with Gasteiger partial charge in [-0.1, -0.05) is 26.0 Å². The Morgan fingerprint density at radius 2 is 1.79 bits per heavy atom. The molecular formula is C22H26F3NO2. The number of aliphatic hydroxyl groups excluding tert-OH is 1. The molecule has 4 atom stereocenters. The van der Waals surface area contributed by atoms with Crippen LogP contribution >= 0.6 is 0 Å². The van der Waals surface area contributed by atoms with Gasteiger partial charge in [0.2, 0.25) is 0 Å². The summed E-state index contributed by atoms with van der Waals surface area (Å²) in [5.74, 6) is 0.293. The van der Waals surface area contributed by atoms with E-state index in [1.807, 2.05) is 26.0 Å². The van der Waals surface area contributed by atoms with Crippen LogP contribution in [-0.2, 0) is 6.18 Å². The van der Waals surface area contributed by atoms with Gasteiger partial charge in [-0.3, -0.25) is 0 Å². The van der Waals surface area contributed by atoms with Crippen LogP contribution in [0.2, 0.25) is 0 Å². The summed E-state index contributed by atoms with van der Waals surface area (Å²) in [7, 11) is 0. The van der Waals surface area contributed by atoms with E-state index in [0.29, 0.717) is 11.3 Å². The van der Waals surface area contributed by atoms with Crippen LogP contribution < -0.4 is 5.32 Å². The molecule has 0 amide bonds. The molecule has 1 heterocycles. The van der Waals surface area contributed by atoms with Crippen molar-refractivity contribution in [1.29, 1.82) is 0 Å². The number of fused-ring (bicyclic) bond motifs is 1. The summed E-state index contributed by atoms with van der Waals surface area (Å²) in [6, 6.07) is 10.7. The Labute approximate surface area is 163 Å². The normalized spacial score (nSPS) is 23.0. The minimum absolute atomic E-state index is 0.0644. The predicted molar refractivity (Wildman–Crippen MR) is 103 cm³/mol. The van der Waals surface area contributed by atoms with E-state index in [2.05, 4.69) is 5.32 Å². The molecule has 3 N–H and O–H groups in total. The van der Waals surface area contributed by atoms with Crippen LogP contribution in [0.4, 0.5) is 18.9 Å². The Morgan fingerprint density at radius 3 is 2.39 bits per heavy atom. The van der Waals surface area contributed by atoms with Crippen molar-refractivity contribution < 1.29 is 23.4 Å². The number of aliphatic hydroxyl groups is 1. The van der Waals surface area contributed by atoms with Crippen LogP contribution in [-0.4, -0.2) is 16.8 Å². The van der Waals surface area contributed by atoms with Crippen molar-refractivity contribution in [2.45, 2.75) is 44.8 Å². The minimum atomic E-state index is -4.37. The molecule has 6 heteroatoms. The summed E-state index contributed by atoms with van der Waals surface area (Å²) in [6.45, 7) is 4.03. The van der Waals surface area contributed by atoms with Crippen molar-refractivity contribution in [2.75, 3.05) is 11.9 Å². The van der Waals surface area contributed by atoms with Gasteiger partial charge in [-0.2, -0.15) is 13.2 Å². The number of nitrogens with one attached hydrogen (secondary N) is 1. The molecule has 3 nitrogen and oxygen atoms in total. The highest BCUT2D eigenvalue weighted by Crippen LogP contribution is 2.48. The molecule has 1 unspecified atom stereocenters. The van der Waals surface area contributed by atoms with Gasteiger partial charge in [0.25, 0.3) is 0 Å². The maximum Gasteiger partial charge on any atom is 0.416 e. The highest BCUT2D eigenvalue weighted by Gasteiger charge is 2.37. The third kappa shape index (κ3) is 4.27. The lowest BCUT2D eigenvalue weighted by Gasteiger charge is -2.40. The average molecular weight is 393 g/mol. The zero-order chi connectivity index (χ0) is 20.5. The number of alkyl halides is 3. The fraction of sp³-hybridized carbons (Fsp3) is 0.455. The van der Waals surface area contributed by atoms with Crippen molar-refractivity contribution in [1.82, 2.24) is 0 Å². The summed E-state index contributed by atoms with van der Waals surface area (Å²) in [6.07, 6.45) is -2.81. The maximum absolute atomic E-state index is 13.2. The molecule has 0 saturated heterocycles. The van der Waals surface area contributed by atoms with Gasteiger partial charge < -0.3 is 15.5 Å². The first kappa shape index (κ1) is 20.5. The number of anilines is 1. The van der Waals surface area contributed by atoms with Crippen molar-refractivity contribution in [3.8, 4) is 5.75 Å². The van der Waals surface area contributed by atoms with Gasteiger partial charge in [0, 0.05) is 12.3 Å². The number of benzene rings is 2. The molecule has 3 rings (SSSR count). The number of rotatable bonds is 5. The standard InChI is InChI=1S/C22H26F3NO2/c1-13(12-27)3-9-18-14(2)19-11-16(22(23,24)25)6-10-20(19)26-21(18)15-4-7-17(28)8-5-15/h4-8,10-11,13-14,18,21,26-28H,3,9,12H2,1-2H3/t13-,14?,18+,21+/m0/s1. The first-order valence-electron chi connectivity index (χ1n) is 9.58. The second-order valence-corrected chi connectivity index (χ2v) is 7.83. The second kappa shape index (κ2) is 8.03. The van der Waals surface area contributed by atoms with Gasteiger partial charge in [0.15, 0.2) is 0 Å². The molecule has 0 aromatic heterocycles. The van der Waals surface area contributed by atoms with Gasteiger partial charge in [-0.15, -0.1) is 0 Å². The Kier molecular flexibility index (Phi) is 5.89. The molecule has 28 heavy (non-hydrogen) atoms. The van der Waals surface area contributed by atoms with E-state index in [9.17, 15) is 23.4 Å². The van der Waals surface area contributed by atoms with E-state index >= 15 is 0 Å². The molecule has 0 fully saturated rings. The highest BCUT2D eigenvalue weighted by molar-refractivity contribution is 5.59. The number of hydrogen-bond acceptors (Lipinski definition) is 3. The third-order valence-corrected chi connectivity index (χ3v) is 5.81. The van der Waals surface area contributed by atoms with Gasteiger partial charge in [-0.05, 0) is 72.1 Å². The second-order valence-electron chi connectivity index (χ2n) is 7.83. The molecule has 0 spiro atoms. The van der Waals surface area contributed by atoms with Crippen LogP contribution in [0.1, 0.15) is 55.3 Å². The lowest BCUT2D eigenvalue weighted by atomic mass is 9.73. The Bertz CT molecular complexity index is 804. The molecule has 0 bridgehead atoms. The van der Waals surface area contributed by atoms with Crippen LogP contribution in [0.5, 0.6) is 5.75 Å². The van der Waals surface area contributed by atoms with Gasteiger partial charge in [-0.25, -0.2) is 0 Å². The van der Waals surface area contributed by atoms with Crippen LogP contribution in [0.15, 0.2) is 42.5 Å². The smallest absolute Gasteiger partial charge is 0.416 e. The summed E-state index contributed by atoms with van der Waals surface area (Å²) in [5.41, 5.74) is 1.74. The van der Waals surface area contributed by atoms with E-state index in [1.165, 1.54) is 12.1 Å². The predicted octanol–water partition coefficient (Wildman–Crippen LogP) is 5.71. The minimum Gasteiger partial charge on any atom is -0.508 e. The fourth-order valence-electron chi connectivity index (χ4n) is 4.04. The lowest BCUT2D eigenvalue weighted by Crippen LogP contribution is -2.31. The van der Waals surface area contributed by atoms with Crippen LogP contribution in [0, 0.1) is 11.8 Å². The monoisotopic (exact) mass is 393 g/mol. The van der Waals surface area contributed by atoms with E-state index in [4.69, 9.17) is 0 Å². The van der Waals surface area contributed by atoms with Crippen molar-refractivity contribution in [3.05, 3.63) is 59.2 Å². The molecule has 1 aliphatic heterocycles. The van der Waals surface area contributed by atoms with Crippen molar-refractivity contribution in [3.63, 3.8) is 0 Å². The summed E-state index contributed by atoms with van der Waals surface area (Å²) in [4.78, 5) is 0. The molecule has 2 aromatic rings. The zero-order valence-corrected chi connectivity index (χ0v) is 16.0. The van der Waals surface area contributed by atoms with Gasteiger partial charge in [0.1, 0.15) is 5.75 Å².